The molecule has 0 unspecified atom stereocenters. The molecule has 2 heterocycles. The lowest BCUT2D eigenvalue weighted by molar-refractivity contribution is 0.0934. The van der Waals surface area contributed by atoms with Crippen LogP contribution in [0.4, 0.5) is 0 Å². The van der Waals surface area contributed by atoms with E-state index in [9.17, 15) is 4.79 Å². The van der Waals surface area contributed by atoms with E-state index in [2.05, 4.69) is 48.6 Å². The number of carbonyl (C=O) groups is 1. The fraction of sp³-hybridized carbons (Fsp3) is 0.194. The van der Waals surface area contributed by atoms with E-state index in [0.29, 0.717) is 11.2 Å². The number of pyridine rings is 1. The Morgan fingerprint density at radius 1 is 0.944 bits per heavy atom. The third-order valence-electron chi connectivity index (χ3n) is 7.08. The van der Waals surface area contributed by atoms with Gasteiger partial charge in [-0.2, -0.15) is 5.10 Å². The molecule has 0 bridgehead atoms. The highest BCUT2D eigenvalue weighted by Gasteiger charge is 2.25. The Morgan fingerprint density at radius 2 is 1.69 bits per heavy atom. The van der Waals surface area contributed by atoms with Crippen LogP contribution in [0.1, 0.15) is 51.6 Å². The second kappa shape index (κ2) is 9.08. The molecule has 0 saturated carbocycles. The average molecular weight is 473 g/mol. The Balaban J connectivity index is 1.50. The number of benzene rings is 3. The van der Waals surface area contributed by atoms with Gasteiger partial charge in [-0.3, -0.25) is 4.79 Å². The van der Waals surface area contributed by atoms with Crippen molar-refractivity contribution < 1.29 is 4.79 Å². The first-order chi connectivity index (χ1) is 17.6. The van der Waals surface area contributed by atoms with Gasteiger partial charge in [0.15, 0.2) is 5.65 Å². The molecule has 0 spiro atoms. The van der Waals surface area contributed by atoms with Gasteiger partial charge in [0.25, 0.3) is 5.91 Å². The van der Waals surface area contributed by atoms with Crippen molar-refractivity contribution in [3.05, 3.63) is 113 Å². The number of nitrogens with zero attached hydrogens (tertiary/aromatic N) is 3. The van der Waals surface area contributed by atoms with Crippen molar-refractivity contribution in [2.75, 3.05) is 0 Å². The van der Waals surface area contributed by atoms with Crippen LogP contribution in [0.15, 0.2) is 84.9 Å². The van der Waals surface area contributed by atoms with Crippen LogP contribution >= 0.6 is 0 Å². The maximum atomic E-state index is 13.9. The molecule has 178 valence electrons. The second-order valence-corrected chi connectivity index (χ2v) is 9.57. The zero-order valence-electron chi connectivity index (χ0n) is 20.5. The lowest BCUT2D eigenvalue weighted by Crippen LogP contribution is -2.31. The van der Waals surface area contributed by atoms with Gasteiger partial charge in [0.2, 0.25) is 0 Å². The monoisotopic (exact) mass is 472 g/mol. The highest BCUT2D eigenvalue weighted by atomic mass is 16.1. The summed E-state index contributed by atoms with van der Waals surface area (Å²) in [7, 11) is 0. The number of aryl methyl sites for hydroxylation is 3. The molecule has 5 aromatic rings. The molecule has 0 saturated heterocycles. The summed E-state index contributed by atoms with van der Waals surface area (Å²) < 4.78 is 1.85. The first-order valence-corrected chi connectivity index (χ1v) is 12.5. The summed E-state index contributed by atoms with van der Waals surface area (Å²) in [6, 6.07) is 28.5. The topological polar surface area (TPSA) is 59.8 Å². The zero-order valence-corrected chi connectivity index (χ0v) is 20.5. The van der Waals surface area contributed by atoms with Crippen molar-refractivity contribution >= 4 is 16.9 Å². The lowest BCUT2D eigenvalue weighted by atomic mass is 9.87. The Hall–Kier alpha value is -4.25. The van der Waals surface area contributed by atoms with Gasteiger partial charge < -0.3 is 5.32 Å². The van der Waals surface area contributed by atoms with Crippen LogP contribution in [-0.4, -0.2) is 20.7 Å². The number of fused-ring (bicyclic) bond motifs is 2. The van der Waals surface area contributed by atoms with E-state index < -0.39 is 0 Å². The molecule has 1 aliphatic rings. The highest BCUT2D eigenvalue weighted by molar-refractivity contribution is 6.08. The van der Waals surface area contributed by atoms with E-state index in [-0.39, 0.29) is 11.9 Å². The number of hydrogen-bond acceptors (Lipinski definition) is 3. The second-order valence-electron chi connectivity index (χ2n) is 9.57. The normalized spacial score (nSPS) is 15.0. The molecule has 0 fully saturated rings. The largest absolute Gasteiger partial charge is 0.345 e. The molecule has 5 nitrogen and oxygen atoms in total. The molecular weight excluding hydrogens is 444 g/mol. The van der Waals surface area contributed by atoms with Gasteiger partial charge in [0.05, 0.1) is 34.1 Å². The molecule has 36 heavy (non-hydrogen) atoms. The fourth-order valence-electron chi connectivity index (χ4n) is 5.23. The minimum atomic E-state index is -0.0900. The molecule has 1 aliphatic carbocycles. The number of amides is 1. The van der Waals surface area contributed by atoms with E-state index >= 15 is 0 Å². The summed E-state index contributed by atoms with van der Waals surface area (Å²) in [5.74, 6) is -0.0900. The quantitative estimate of drug-likeness (QED) is 0.324. The van der Waals surface area contributed by atoms with Gasteiger partial charge >= 0.3 is 0 Å². The summed E-state index contributed by atoms with van der Waals surface area (Å²) in [4.78, 5) is 18.9. The zero-order chi connectivity index (χ0) is 24.6. The third kappa shape index (κ3) is 3.97. The first kappa shape index (κ1) is 22.2. The Morgan fingerprint density at radius 3 is 2.50 bits per heavy atom. The predicted octanol–water partition coefficient (Wildman–Crippen LogP) is 6.51. The van der Waals surface area contributed by atoms with Gasteiger partial charge in [0.1, 0.15) is 0 Å². The van der Waals surface area contributed by atoms with Gasteiger partial charge in [0, 0.05) is 5.56 Å². The maximum absolute atomic E-state index is 13.9. The summed E-state index contributed by atoms with van der Waals surface area (Å²) >= 11 is 0. The van der Waals surface area contributed by atoms with Crippen molar-refractivity contribution in [3.8, 4) is 16.9 Å². The van der Waals surface area contributed by atoms with Crippen LogP contribution in [0, 0.1) is 13.8 Å². The van der Waals surface area contributed by atoms with Crippen molar-refractivity contribution in [2.24, 2.45) is 0 Å². The Labute approximate surface area is 210 Å². The number of hydrogen-bond donors (Lipinski definition) is 1. The number of nitrogens with one attached hydrogen (secondary N) is 1. The van der Waals surface area contributed by atoms with E-state index in [1.54, 1.807) is 0 Å². The molecular formula is C31H28N4O. The van der Waals surface area contributed by atoms with Crippen LogP contribution in [0.25, 0.3) is 28.0 Å². The fourth-order valence-corrected chi connectivity index (χ4v) is 5.23. The summed E-state index contributed by atoms with van der Waals surface area (Å²) in [6.07, 6.45) is 3.06. The highest BCUT2D eigenvalue weighted by Crippen LogP contribution is 2.32. The first-order valence-electron chi connectivity index (χ1n) is 12.5. The predicted molar refractivity (Wildman–Crippen MR) is 143 cm³/mol. The lowest BCUT2D eigenvalue weighted by Gasteiger charge is -2.26. The van der Waals surface area contributed by atoms with E-state index in [1.165, 1.54) is 16.7 Å². The van der Waals surface area contributed by atoms with Crippen LogP contribution in [0.3, 0.4) is 0 Å². The Kier molecular flexibility index (Phi) is 5.61. The number of rotatable bonds is 4. The molecule has 0 radical (unpaired) electrons. The maximum Gasteiger partial charge on any atom is 0.252 e. The molecule has 3 aromatic carbocycles. The molecule has 1 amide bonds. The summed E-state index contributed by atoms with van der Waals surface area (Å²) in [6.45, 7) is 4.01. The van der Waals surface area contributed by atoms with Gasteiger partial charge in [-0.15, -0.1) is 0 Å². The minimum Gasteiger partial charge on any atom is -0.345 e. The average Bonchev–Trinajstić information content (AvgIpc) is 3.25. The van der Waals surface area contributed by atoms with Crippen molar-refractivity contribution in [1.29, 1.82) is 0 Å². The molecule has 6 rings (SSSR count). The minimum absolute atomic E-state index is 0.00158. The van der Waals surface area contributed by atoms with Crippen molar-refractivity contribution in [3.63, 3.8) is 0 Å². The van der Waals surface area contributed by atoms with Gasteiger partial charge in [-0.05, 0) is 62.4 Å². The smallest absolute Gasteiger partial charge is 0.252 e. The SMILES string of the molecule is Cc1ccc(-n2nc(C)c3c(C(=O)N[C@H]4CCCc5ccccc54)cc(-c4ccccc4)nc32)cc1. The standard InChI is InChI=1S/C31H28N4O/c1-20-15-17-24(18-16-20)35-30-29(21(2)34-35)26(19-28(32-30)23-10-4-3-5-11-23)31(36)33-27-14-8-12-22-9-6-7-13-25(22)27/h3-7,9-11,13,15-19,27H,8,12,14H2,1-2H3,(H,33,36)/t27-/m0/s1. The van der Waals surface area contributed by atoms with Gasteiger partial charge in [-0.1, -0.05) is 72.3 Å². The Bertz CT molecular complexity index is 1570. The molecule has 0 aliphatic heterocycles. The van der Waals surface area contributed by atoms with Crippen LogP contribution in [0.5, 0.6) is 0 Å². The molecule has 2 aromatic heterocycles. The molecule has 1 atom stereocenters. The van der Waals surface area contributed by atoms with E-state index in [1.807, 2.05) is 60.1 Å². The summed E-state index contributed by atoms with van der Waals surface area (Å²) in [5.41, 5.74) is 8.44. The van der Waals surface area contributed by atoms with Crippen molar-refractivity contribution in [2.45, 2.75) is 39.2 Å². The van der Waals surface area contributed by atoms with Crippen molar-refractivity contribution in [1.82, 2.24) is 20.1 Å². The van der Waals surface area contributed by atoms with Crippen LogP contribution in [-0.2, 0) is 6.42 Å². The van der Waals surface area contributed by atoms with Gasteiger partial charge in [-0.25, -0.2) is 9.67 Å². The molecule has 1 N–H and O–H groups in total. The molecule has 5 heteroatoms. The number of carbonyl (C=O) groups excluding carboxylic acids is 1. The van der Waals surface area contributed by atoms with E-state index in [4.69, 9.17) is 10.1 Å². The van der Waals surface area contributed by atoms with E-state index in [0.717, 1.165) is 47.3 Å². The van der Waals surface area contributed by atoms with Crippen LogP contribution in [0.2, 0.25) is 0 Å². The summed E-state index contributed by atoms with van der Waals surface area (Å²) in [5, 5.41) is 8.96. The van der Waals surface area contributed by atoms with Crippen LogP contribution < -0.4 is 5.32 Å². The number of aromatic nitrogens is 3. The third-order valence-corrected chi connectivity index (χ3v) is 7.08.